The Kier molecular flexibility index (Phi) is 7.06. The molecule has 49 heavy (non-hydrogen) atoms. The van der Waals surface area contributed by atoms with Crippen molar-refractivity contribution in [2.75, 3.05) is 0 Å². The van der Waals surface area contributed by atoms with Gasteiger partial charge >= 0.3 is 0 Å². The number of pyridine rings is 1. The van der Waals surface area contributed by atoms with Gasteiger partial charge in [-0.05, 0) is 46.5 Å². The van der Waals surface area contributed by atoms with E-state index in [4.69, 9.17) is 24.4 Å². The summed E-state index contributed by atoms with van der Waals surface area (Å²) in [5.41, 5.74) is 10.7. The summed E-state index contributed by atoms with van der Waals surface area (Å²) in [5, 5.41) is 2.09. The molecule has 9 aromatic rings. The second kappa shape index (κ2) is 12.1. The third-order valence-electron chi connectivity index (χ3n) is 8.80. The first-order valence-electron chi connectivity index (χ1n) is 16.2. The van der Waals surface area contributed by atoms with Gasteiger partial charge in [-0.15, -0.1) is 0 Å². The van der Waals surface area contributed by atoms with E-state index in [2.05, 4.69) is 72.8 Å². The van der Waals surface area contributed by atoms with E-state index in [1.54, 1.807) is 0 Å². The minimum Gasteiger partial charge on any atom is -0.455 e. The van der Waals surface area contributed by atoms with Gasteiger partial charge in [0.25, 0.3) is 0 Å². The first-order valence-corrected chi connectivity index (χ1v) is 16.2. The van der Waals surface area contributed by atoms with Crippen molar-refractivity contribution in [3.05, 3.63) is 170 Å². The molecule has 230 valence electrons. The normalized spacial score (nSPS) is 11.3. The van der Waals surface area contributed by atoms with Crippen LogP contribution in [0.25, 0.3) is 89.5 Å². The fourth-order valence-electron chi connectivity index (χ4n) is 6.45. The van der Waals surface area contributed by atoms with Gasteiger partial charge in [0, 0.05) is 51.0 Å². The SMILES string of the molecule is c1ccc(-c2cc(-c3ccccc3)c3oc4cccc(-c5cncc(-c6nc(-c7ccccc7)nc(-c7ccccc7)n6)c5)c4c3c2)cc1. The first kappa shape index (κ1) is 28.5. The average Bonchev–Trinajstić information content (AvgIpc) is 3.58. The molecule has 0 aliphatic rings. The number of fused-ring (bicyclic) bond motifs is 3. The highest BCUT2D eigenvalue weighted by atomic mass is 16.3. The highest BCUT2D eigenvalue weighted by molar-refractivity contribution is 6.16. The van der Waals surface area contributed by atoms with Crippen LogP contribution < -0.4 is 0 Å². The van der Waals surface area contributed by atoms with Gasteiger partial charge in [-0.25, -0.2) is 15.0 Å². The van der Waals surface area contributed by atoms with E-state index >= 15 is 0 Å². The zero-order chi connectivity index (χ0) is 32.6. The van der Waals surface area contributed by atoms with E-state index in [0.717, 1.165) is 72.0 Å². The van der Waals surface area contributed by atoms with Crippen molar-refractivity contribution < 1.29 is 4.42 Å². The van der Waals surface area contributed by atoms with Crippen LogP contribution in [0, 0.1) is 0 Å². The Morgan fingerprint density at radius 2 is 0.898 bits per heavy atom. The monoisotopic (exact) mass is 628 g/mol. The van der Waals surface area contributed by atoms with Gasteiger partial charge in [-0.2, -0.15) is 0 Å². The molecule has 0 unspecified atom stereocenters. The van der Waals surface area contributed by atoms with Crippen LogP contribution in [0.4, 0.5) is 0 Å². The van der Waals surface area contributed by atoms with Crippen molar-refractivity contribution >= 4 is 21.9 Å². The largest absolute Gasteiger partial charge is 0.455 e. The van der Waals surface area contributed by atoms with Crippen LogP contribution in [0.3, 0.4) is 0 Å². The Bertz CT molecular complexity index is 2530. The molecule has 0 spiro atoms. The molecule has 0 atom stereocenters. The first-order chi connectivity index (χ1) is 24.3. The second-order valence-corrected chi connectivity index (χ2v) is 11.9. The minimum absolute atomic E-state index is 0.559. The molecule has 6 aromatic carbocycles. The van der Waals surface area contributed by atoms with Crippen molar-refractivity contribution in [1.82, 2.24) is 19.9 Å². The summed E-state index contributed by atoms with van der Waals surface area (Å²) in [6.07, 6.45) is 3.71. The summed E-state index contributed by atoms with van der Waals surface area (Å²) in [6.45, 7) is 0. The lowest BCUT2D eigenvalue weighted by atomic mass is 9.93. The second-order valence-electron chi connectivity index (χ2n) is 11.9. The average molecular weight is 629 g/mol. The molecule has 0 radical (unpaired) electrons. The maximum atomic E-state index is 6.68. The van der Waals surface area contributed by atoms with Gasteiger partial charge in [0.1, 0.15) is 11.2 Å². The number of hydrogen-bond acceptors (Lipinski definition) is 5. The van der Waals surface area contributed by atoms with Crippen molar-refractivity contribution in [3.8, 4) is 67.5 Å². The predicted molar refractivity (Wildman–Crippen MR) is 198 cm³/mol. The number of hydrogen-bond donors (Lipinski definition) is 0. The molecule has 0 bridgehead atoms. The van der Waals surface area contributed by atoms with Crippen molar-refractivity contribution in [3.63, 3.8) is 0 Å². The fraction of sp³-hybridized carbons (Fsp3) is 0. The molecule has 0 saturated carbocycles. The van der Waals surface area contributed by atoms with Gasteiger partial charge in [0.05, 0.1) is 0 Å². The Morgan fingerprint density at radius 3 is 1.51 bits per heavy atom. The van der Waals surface area contributed by atoms with Gasteiger partial charge in [-0.1, -0.05) is 133 Å². The molecule has 0 amide bonds. The Labute approximate surface area is 283 Å². The van der Waals surface area contributed by atoms with Crippen LogP contribution >= 0.6 is 0 Å². The maximum Gasteiger partial charge on any atom is 0.165 e. The molecule has 0 saturated heterocycles. The third-order valence-corrected chi connectivity index (χ3v) is 8.80. The summed E-state index contributed by atoms with van der Waals surface area (Å²) >= 11 is 0. The standard InChI is InChI=1S/C44H28N4O/c1-5-14-29(15-6-1)33-25-37(30-16-7-2-8-17-30)41-38(26-33)40-36(22-13-23-39(40)49-41)34-24-35(28-45-27-34)44-47-42(31-18-9-3-10-19-31)46-43(48-44)32-20-11-4-12-21-32/h1-28H. The highest BCUT2D eigenvalue weighted by Gasteiger charge is 2.19. The van der Waals surface area contributed by atoms with Crippen LogP contribution in [0.5, 0.6) is 0 Å². The molecule has 3 aromatic heterocycles. The summed E-state index contributed by atoms with van der Waals surface area (Å²) in [5.74, 6) is 1.78. The Balaban J connectivity index is 1.24. The van der Waals surface area contributed by atoms with E-state index in [1.165, 1.54) is 0 Å². The lowest BCUT2D eigenvalue weighted by Gasteiger charge is -2.10. The smallest absolute Gasteiger partial charge is 0.165 e. The lowest BCUT2D eigenvalue weighted by molar-refractivity contribution is 0.670. The van der Waals surface area contributed by atoms with E-state index in [0.29, 0.717) is 17.5 Å². The van der Waals surface area contributed by atoms with Gasteiger partial charge in [-0.3, -0.25) is 4.98 Å². The summed E-state index contributed by atoms with van der Waals surface area (Å²) in [7, 11) is 0. The molecule has 0 aliphatic heterocycles. The van der Waals surface area contributed by atoms with Crippen molar-refractivity contribution in [1.29, 1.82) is 0 Å². The van der Waals surface area contributed by atoms with Crippen LogP contribution in [0.2, 0.25) is 0 Å². The third kappa shape index (κ3) is 5.33. The number of benzene rings is 6. The van der Waals surface area contributed by atoms with Crippen LogP contribution in [0.1, 0.15) is 0 Å². The van der Waals surface area contributed by atoms with Crippen LogP contribution in [-0.2, 0) is 0 Å². The van der Waals surface area contributed by atoms with E-state index in [1.807, 2.05) is 97.3 Å². The minimum atomic E-state index is 0.559. The molecule has 5 nitrogen and oxygen atoms in total. The molecule has 0 fully saturated rings. The van der Waals surface area contributed by atoms with E-state index in [9.17, 15) is 0 Å². The van der Waals surface area contributed by atoms with E-state index < -0.39 is 0 Å². The highest BCUT2D eigenvalue weighted by Crippen LogP contribution is 2.43. The number of rotatable bonds is 6. The summed E-state index contributed by atoms with van der Waals surface area (Å²) in [4.78, 5) is 19.5. The molecule has 9 rings (SSSR count). The fourth-order valence-corrected chi connectivity index (χ4v) is 6.45. The summed E-state index contributed by atoms with van der Waals surface area (Å²) < 4.78 is 6.68. The molecule has 0 aliphatic carbocycles. The van der Waals surface area contributed by atoms with Gasteiger partial charge in [0.2, 0.25) is 0 Å². The van der Waals surface area contributed by atoms with Crippen molar-refractivity contribution in [2.45, 2.75) is 0 Å². The zero-order valence-corrected chi connectivity index (χ0v) is 26.4. The number of nitrogens with zero attached hydrogens (tertiary/aromatic N) is 4. The predicted octanol–water partition coefficient (Wildman–Crippen LogP) is 11.2. The summed E-state index contributed by atoms with van der Waals surface area (Å²) in [6, 6.07) is 53.7. The molecule has 0 N–H and O–H groups in total. The molecule has 3 heterocycles. The number of aromatic nitrogens is 4. The van der Waals surface area contributed by atoms with Crippen LogP contribution in [-0.4, -0.2) is 19.9 Å². The van der Waals surface area contributed by atoms with E-state index in [-0.39, 0.29) is 0 Å². The number of furan rings is 1. The van der Waals surface area contributed by atoms with Gasteiger partial charge in [0.15, 0.2) is 17.5 Å². The van der Waals surface area contributed by atoms with Crippen LogP contribution in [0.15, 0.2) is 175 Å². The Morgan fingerprint density at radius 1 is 0.367 bits per heavy atom. The lowest BCUT2D eigenvalue weighted by Crippen LogP contribution is -2.00. The Hall–Kier alpha value is -6.72. The van der Waals surface area contributed by atoms with Gasteiger partial charge < -0.3 is 4.42 Å². The molecule has 5 heteroatoms. The molecular weight excluding hydrogens is 601 g/mol. The maximum absolute atomic E-state index is 6.68. The van der Waals surface area contributed by atoms with Crippen molar-refractivity contribution in [2.24, 2.45) is 0 Å². The zero-order valence-electron chi connectivity index (χ0n) is 26.4. The topological polar surface area (TPSA) is 64.7 Å². The molecular formula is C44H28N4O. The quantitative estimate of drug-likeness (QED) is 0.183.